The minimum absolute atomic E-state index is 0.403. The van der Waals surface area contributed by atoms with Crippen LogP contribution in [0, 0.1) is 13.8 Å². The number of halogens is 1. The topological polar surface area (TPSA) is 75.9 Å². The van der Waals surface area contributed by atoms with E-state index in [1.54, 1.807) is 11.3 Å². The van der Waals surface area contributed by atoms with Crippen molar-refractivity contribution in [1.29, 1.82) is 0 Å². The fraction of sp³-hybridized carbons (Fsp3) is 0.143. The van der Waals surface area contributed by atoms with Gasteiger partial charge in [0.2, 0.25) is 5.95 Å². The smallest absolute Gasteiger partial charge is 0.240 e. The van der Waals surface area contributed by atoms with E-state index in [1.807, 2.05) is 11.4 Å². The van der Waals surface area contributed by atoms with Crippen molar-refractivity contribution >= 4 is 54.9 Å². The average molecular weight is 364 g/mol. The van der Waals surface area contributed by atoms with Crippen LogP contribution in [-0.4, -0.2) is 9.97 Å². The van der Waals surface area contributed by atoms with E-state index in [4.69, 9.17) is 5.84 Å². The Kier molecular flexibility index (Phi) is 3.79. The number of nitrogens with one attached hydrogen (secondary N) is 2. The van der Waals surface area contributed by atoms with Gasteiger partial charge in [-0.25, -0.2) is 10.8 Å². The lowest BCUT2D eigenvalue weighted by atomic mass is 10.1. The molecule has 5 nitrogen and oxygen atoms in total. The number of nitrogen functional groups attached to an aromatic ring is 1. The molecule has 0 amide bonds. The second-order valence-electron chi connectivity index (χ2n) is 4.72. The third kappa shape index (κ3) is 2.72. The number of nitrogens with two attached hydrogens (primary N) is 1. The SMILES string of the molecule is Cc1cc(Br)cc(C)c1Nc1nc(NN)nc2sccc12. The van der Waals surface area contributed by atoms with Crippen LogP contribution < -0.4 is 16.6 Å². The van der Waals surface area contributed by atoms with E-state index in [9.17, 15) is 0 Å². The summed E-state index contributed by atoms with van der Waals surface area (Å²) in [6.07, 6.45) is 0. The van der Waals surface area contributed by atoms with Crippen molar-refractivity contribution < 1.29 is 0 Å². The summed E-state index contributed by atoms with van der Waals surface area (Å²) in [4.78, 5) is 9.66. The van der Waals surface area contributed by atoms with Crippen LogP contribution in [0.4, 0.5) is 17.5 Å². The van der Waals surface area contributed by atoms with E-state index in [0.29, 0.717) is 5.95 Å². The molecule has 0 fully saturated rings. The highest BCUT2D eigenvalue weighted by Crippen LogP contribution is 2.32. The fourth-order valence-corrected chi connectivity index (χ4v) is 3.69. The number of rotatable bonds is 3. The number of fused-ring (bicyclic) bond motifs is 1. The molecular formula is C14H14BrN5S. The Bertz CT molecular complexity index is 791. The van der Waals surface area contributed by atoms with Crippen molar-refractivity contribution in [1.82, 2.24) is 9.97 Å². The van der Waals surface area contributed by atoms with Gasteiger partial charge in [0.05, 0.1) is 5.39 Å². The fourth-order valence-electron chi connectivity index (χ4n) is 2.24. The number of benzene rings is 1. The van der Waals surface area contributed by atoms with E-state index in [2.05, 4.69) is 62.6 Å². The lowest BCUT2D eigenvalue weighted by Crippen LogP contribution is -2.11. The van der Waals surface area contributed by atoms with Gasteiger partial charge in [-0.15, -0.1) is 11.3 Å². The molecule has 0 bridgehead atoms. The molecule has 0 aliphatic carbocycles. The minimum Gasteiger partial charge on any atom is -0.339 e. The normalized spacial score (nSPS) is 10.9. The number of hydrazine groups is 1. The molecule has 1 aromatic carbocycles. The zero-order valence-corrected chi connectivity index (χ0v) is 14.0. The molecule has 7 heteroatoms. The number of nitrogens with zero attached hydrogens (tertiary/aromatic N) is 2. The molecule has 0 aliphatic rings. The predicted octanol–water partition coefficient (Wildman–Crippen LogP) is 4.10. The van der Waals surface area contributed by atoms with E-state index >= 15 is 0 Å². The summed E-state index contributed by atoms with van der Waals surface area (Å²) in [5.41, 5.74) is 5.85. The third-order valence-electron chi connectivity index (χ3n) is 3.20. The van der Waals surface area contributed by atoms with Crippen LogP contribution in [-0.2, 0) is 0 Å². The maximum absolute atomic E-state index is 5.45. The number of hydrogen-bond acceptors (Lipinski definition) is 6. The summed E-state index contributed by atoms with van der Waals surface area (Å²) >= 11 is 5.07. The van der Waals surface area contributed by atoms with Crippen LogP contribution in [0.1, 0.15) is 11.1 Å². The third-order valence-corrected chi connectivity index (χ3v) is 4.46. The molecule has 108 valence electrons. The number of aryl methyl sites for hydroxylation is 2. The summed E-state index contributed by atoms with van der Waals surface area (Å²) < 4.78 is 1.07. The van der Waals surface area contributed by atoms with Gasteiger partial charge in [0.1, 0.15) is 10.6 Å². The van der Waals surface area contributed by atoms with E-state index in [1.165, 1.54) is 0 Å². The Labute approximate surface area is 134 Å². The van der Waals surface area contributed by atoms with Gasteiger partial charge in [0, 0.05) is 10.2 Å². The van der Waals surface area contributed by atoms with Gasteiger partial charge in [0.15, 0.2) is 0 Å². The monoisotopic (exact) mass is 363 g/mol. The number of aromatic nitrogens is 2. The average Bonchev–Trinajstić information content (AvgIpc) is 2.90. The lowest BCUT2D eigenvalue weighted by molar-refractivity contribution is 1.15. The first-order valence-electron chi connectivity index (χ1n) is 6.34. The van der Waals surface area contributed by atoms with Crippen molar-refractivity contribution in [2.45, 2.75) is 13.8 Å². The molecule has 0 atom stereocenters. The van der Waals surface area contributed by atoms with Crippen LogP contribution in [0.5, 0.6) is 0 Å². The lowest BCUT2D eigenvalue weighted by Gasteiger charge is -2.14. The van der Waals surface area contributed by atoms with Gasteiger partial charge in [-0.3, -0.25) is 5.43 Å². The molecule has 4 N–H and O–H groups in total. The van der Waals surface area contributed by atoms with Crippen molar-refractivity contribution in [3.63, 3.8) is 0 Å². The molecule has 3 rings (SSSR count). The van der Waals surface area contributed by atoms with Crippen LogP contribution in [0.2, 0.25) is 0 Å². The molecule has 0 saturated heterocycles. The van der Waals surface area contributed by atoms with Gasteiger partial charge in [-0.2, -0.15) is 4.98 Å². The zero-order chi connectivity index (χ0) is 15.0. The molecule has 21 heavy (non-hydrogen) atoms. The van der Waals surface area contributed by atoms with Gasteiger partial charge in [-0.05, 0) is 48.6 Å². The molecule has 0 aliphatic heterocycles. The molecule has 0 unspecified atom stereocenters. The molecule has 0 saturated carbocycles. The highest BCUT2D eigenvalue weighted by atomic mass is 79.9. The summed E-state index contributed by atoms with van der Waals surface area (Å²) in [7, 11) is 0. The first-order chi connectivity index (χ1) is 10.1. The van der Waals surface area contributed by atoms with Gasteiger partial charge in [-0.1, -0.05) is 15.9 Å². The molecule has 3 aromatic rings. The highest BCUT2D eigenvalue weighted by molar-refractivity contribution is 9.10. The van der Waals surface area contributed by atoms with Crippen molar-refractivity contribution in [2.24, 2.45) is 5.84 Å². The molecule has 0 radical (unpaired) electrons. The number of anilines is 3. The van der Waals surface area contributed by atoms with Crippen LogP contribution in [0.25, 0.3) is 10.2 Å². The maximum Gasteiger partial charge on any atom is 0.240 e. The summed E-state index contributed by atoms with van der Waals surface area (Å²) in [5.74, 6) is 6.60. The largest absolute Gasteiger partial charge is 0.339 e. The second-order valence-corrected chi connectivity index (χ2v) is 6.53. The summed E-state index contributed by atoms with van der Waals surface area (Å²) in [6, 6.07) is 6.15. The second kappa shape index (κ2) is 5.59. The number of hydrogen-bond donors (Lipinski definition) is 3. The van der Waals surface area contributed by atoms with E-state index in [0.717, 1.165) is 37.3 Å². The molecule has 0 spiro atoms. The first-order valence-corrected chi connectivity index (χ1v) is 8.01. The van der Waals surface area contributed by atoms with Crippen LogP contribution >= 0.6 is 27.3 Å². The van der Waals surface area contributed by atoms with E-state index in [-0.39, 0.29) is 0 Å². The van der Waals surface area contributed by atoms with Gasteiger partial charge >= 0.3 is 0 Å². The van der Waals surface area contributed by atoms with Crippen LogP contribution in [0.15, 0.2) is 28.1 Å². The Morgan fingerprint density at radius 1 is 1.19 bits per heavy atom. The Morgan fingerprint density at radius 2 is 1.90 bits per heavy atom. The quantitative estimate of drug-likeness (QED) is 0.482. The Hall–Kier alpha value is -1.70. The molecular weight excluding hydrogens is 350 g/mol. The van der Waals surface area contributed by atoms with Crippen LogP contribution in [0.3, 0.4) is 0 Å². The van der Waals surface area contributed by atoms with Crippen molar-refractivity contribution in [2.75, 3.05) is 10.7 Å². The first kappa shape index (κ1) is 14.2. The van der Waals surface area contributed by atoms with Gasteiger partial charge in [0.25, 0.3) is 0 Å². The molecule has 2 aromatic heterocycles. The zero-order valence-electron chi connectivity index (χ0n) is 11.6. The van der Waals surface area contributed by atoms with Crippen molar-refractivity contribution in [3.8, 4) is 0 Å². The molecule has 2 heterocycles. The standard InChI is InChI=1S/C14H14BrN5S/c1-7-5-9(15)6-8(2)11(7)17-12-10-3-4-21-13(10)19-14(18-12)20-16/h3-6H,16H2,1-2H3,(H2,17,18,19,20). The highest BCUT2D eigenvalue weighted by Gasteiger charge is 2.11. The number of thiophene rings is 1. The Morgan fingerprint density at radius 3 is 2.57 bits per heavy atom. The maximum atomic E-state index is 5.45. The summed E-state index contributed by atoms with van der Waals surface area (Å²) in [6.45, 7) is 4.13. The summed E-state index contributed by atoms with van der Waals surface area (Å²) in [5, 5.41) is 6.39. The predicted molar refractivity (Wildman–Crippen MR) is 92.1 cm³/mol. The van der Waals surface area contributed by atoms with E-state index < -0.39 is 0 Å². The van der Waals surface area contributed by atoms with Crippen molar-refractivity contribution in [3.05, 3.63) is 39.2 Å². The Balaban J connectivity index is 2.11. The minimum atomic E-state index is 0.403. The van der Waals surface area contributed by atoms with Gasteiger partial charge < -0.3 is 5.32 Å².